The summed E-state index contributed by atoms with van der Waals surface area (Å²) in [5.41, 5.74) is 3.16. The number of rotatable bonds is 3. The van der Waals surface area contributed by atoms with Crippen molar-refractivity contribution in [2.45, 2.75) is 32.4 Å². The number of nitrogens with zero attached hydrogens (tertiary/aromatic N) is 1. The number of amides is 1. The lowest BCUT2D eigenvalue weighted by Crippen LogP contribution is -2.31. The molecule has 0 bridgehead atoms. The molecular formula is C21H20N2O2. The Morgan fingerprint density at radius 1 is 1.16 bits per heavy atom. The lowest BCUT2D eigenvalue weighted by Gasteiger charge is -2.16. The number of nitrogens with one attached hydrogen (secondary N) is 1. The number of pyridine rings is 1. The summed E-state index contributed by atoms with van der Waals surface area (Å²) in [6, 6.07) is 15.6. The Morgan fingerprint density at radius 3 is 2.68 bits per heavy atom. The van der Waals surface area contributed by atoms with Crippen molar-refractivity contribution in [1.82, 2.24) is 9.88 Å². The maximum Gasteiger partial charge on any atom is 0.257 e. The number of aromatic nitrogens is 1. The molecule has 4 heteroatoms. The number of carbonyl (C=O) groups is 1. The molecular weight excluding hydrogens is 312 g/mol. The average Bonchev–Trinajstić information content (AvgIpc) is 2.95. The number of benzene rings is 2. The van der Waals surface area contributed by atoms with Gasteiger partial charge in [-0.15, -0.1) is 0 Å². The maximum absolute atomic E-state index is 12.9. The van der Waals surface area contributed by atoms with Gasteiger partial charge in [0.05, 0.1) is 11.6 Å². The van der Waals surface area contributed by atoms with Crippen LogP contribution in [0.25, 0.3) is 10.9 Å². The lowest BCUT2D eigenvalue weighted by molar-refractivity contribution is 0.0938. The topological polar surface area (TPSA) is 51.1 Å². The van der Waals surface area contributed by atoms with Gasteiger partial charge in [0.1, 0.15) is 5.56 Å². The van der Waals surface area contributed by atoms with Crippen LogP contribution >= 0.6 is 0 Å². The first-order valence-electron chi connectivity index (χ1n) is 8.59. The fourth-order valence-corrected chi connectivity index (χ4v) is 3.68. The summed E-state index contributed by atoms with van der Waals surface area (Å²) in [5.74, 6) is -0.323. The second kappa shape index (κ2) is 5.88. The van der Waals surface area contributed by atoms with Gasteiger partial charge in [0.15, 0.2) is 0 Å². The van der Waals surface area contributed by atoms with E-state index in [2.05, 4.69) is 22.9 Å². The monoisotopic (exact) mass is 332 g/mol. The van der Waals surface area contributed by atoms with Crippen molar-refractivity contribution in [3.63, 3.8) is 0 Å². The Morgan fingerprint density at radius 2 is 1.92 bits per heavy atom. The van der Waals surface area contributed by atoms with E-state index in [0.29, 0.717) is 5.39 Å². The summed E-state index contributed by atoms with van der Waals surface area (Å²) in [7, 11) is 0. The van der Waals surface area contributed by atoms with Gasteiger partial charge in [-0.2, -0.15) is 0 Å². The van der Waals surface area contributed by atoms with Crippen LogP contribution < -0.4 is 10.7 Å². The molecule has 1 amide bonds. The van der Waals surface area contributed by atoms with Gasteiger partial charge in [-0.3, -0.25) is 9.59 Å². The van der Waals surface area contributed by atoms with Crippen molar-refractivity contribution in [2.24, 2.45) is 0 Å². The second-order valence-electron chi connectivity index (χ2n) is 6.75. The Bertz CT molecular complexity index is 1020. The zero-order chi connectivity index (χ0) is 17.6. The maximum atomic E-state index is 12.9. The smallest absolute Gasteiger partial charge is 0.257 e. The summed E-state index contributed by atoms with van der Waals surface area (Å²) in [5, 5.41) is 3.58. The van der Waals surface area contributed by atoms with E-state index in [9.17, 15) is 9.59 Å². The van der Waals surface area contributed by atoms with Crippen molar-refractivity contribution >= 4 is 16.8 Å². The molecule has 4 nitrogen and oxygen atoms in total. The van der Waals surface area contributed by atoms with Crippen LogP contribution in [-0.2, 0) is 6.42 Å². The van der Waals surface area contributed by atoms with Crippen LogP contribution in [0.1, 0.15) is 47.4 Å². The van der Waals surface area contributed by atoms with Gasteiger partial charge in [0, 0.05) is 17.6 Å². The van der Waals surface area contributed by atoms with E-state index in [1.165, 1.54) is 5.56 Å². The molecule has 1 N–H and O–H groups in total. The molecule has 2 aromatic carbocycles. The van der Waals surface area contributed by atoms with Crippen molar-refractivity contribution in [3.8, 4) is 0 Å². The second-order valence-corrected chi connectivity index (χ2v) is 6.75. The molecule has 1 aliphatic rings. The van der Waals surface area contributed by atoms with Gasteiger partial charge in [-0.05, 0) is 37.5 Å². The summed E-state index contributed by atoms with van der Waals surface area (Å²) < 4.78 is 2.06. The highest BCUT2D eigenvalue weighted by Gasteiger charge is 2.24. The predicted octanol–water partition coefficient (Wildman–Crippen LogP) is 3.61. The third-order valence-electron chi connectivity index (χ3n) is 5.02. The molecule has 0 spiro atoms. The molecule has 2 heterocycles. The Labute approximate surface area is 146 Å². The first-order chi connectivity index (χ1) is 12.1. The highest BCUT2D eigenvalue weighted by molar-refractivity contribution is 5.98. The van der Waals surface area contributed by atoms with Gasteiger partial charge in [-0.1, -0.05) is 42.5 Å². The van der Waals surface area contributed by atoms with Gasteiger partial charge >= 0.3 is 0 Å². The minimum Gasteiger partial charge on any atom is -0.345 e. The molecule has 3 aromatic rings. The van der Waals surface area contributed by atoms with Crippen LogP contribution in [0.5, 0.6) is 0 Å². The molecule has 4 rings (SSSR count). The molecule has 126 valence electrons. The Kier molecular flexibility index (Phi) is 3.68. The van der Waals surface area contributed by atoms with Gasteiger partial charge in [0.25, 0.3) is 5.91 Å². The minimum absolute atomic E-state index is 0.161. The quantitative estimate of drug-likeness (QED) is 0.796. The van der Waals surface area contributed by atoms with Crippen LogP contribution in [0, 0.1) is 0 Å². The van der Waals surface area contributed by atoms with Crippen molar-refractivity contribution in [2.75, 3.05) is 0 Å². The highest BCUT2D eigenvalue weighted by Crippen LogP contribution is 2.30. The summed E-state index contributed by atoms with van der Waals surface area (Å²) in [4.78, 5) is 25.6. The van der Waals surface area contributed by atoms with E-state index >= 15 is 0 Å². The predicted molar refractivity (Wildman–Crippen MR) is 98.9 cm³/mol. The molecule has 0 aliphatic carbocycles. The number of carbonyl (C=O) groups excluding carboxylic acids is 1. The molecule has 0 radical (unpaired) electrons. The minimum atomic E-state index is -0.323. The third-order valence-corrected chi connectivity index (χ3v) is 5.02. The molecule has 2 unspecified atom stereocenters. The van der Waals surface area contributed by atoms with Crippen LogP contribution in [-0.4, -0.2) is 10.5 Å². The van der Waals surface area contributed by atoms with E-state index in [0.717, 1.165) is 17.5 Å². The lowest BCUT2D eigenvalue weighted by atomic mass is 10.1. The van der Waals surface area contributed by atoms with Gasteiger partial charge in [-0.25, -0.2) is 0 Å². The van der Waals surface area contributed by atoms with E-state index < -0.39 is 0 Å². The molecule has 1 aromatic heterocycles. The van der Waals surface area contributed by atoms with Crippen LogP contribution in [0.3, 0.4) is 0 Å². The Balaban J connectivity index is 1.74. The van der Waals surface area contributed by atoms with Crippen LogP contribution in [0.4, 0.5) is 0 Å². The molecule has 0 fully saturated rings. The van der Waals surface area contributed by atoms with Crippen molar-refractivity contribution in [1.29, 1.82) is 0 Å². The zero-order valence-electron chi connectivity index (χ0n) is 14.3. The van der Waals surface area contributed by atoms with Gasteiger partial charge < -0.3 is 9.88 Å². The summed E-state index contributed by atoms with van der Waals surface area (Å²) >= 11 is 0. The third kappa shape index (κ3) is 2.54. The number of para-hydroxylation sites is 1. The fourth-order valence-electron chi connectivity index (χ4n) is 3.68. The van der Waals surface area contributed by atoms with E-state index in [1.54, 1.807) is 6.20 Å². The first kappa shape index (κ1) is 15.6. The molecule has 1 aliphatic heterocycles. The molecule has 25 heavy (non-hydrogen) atoms. The molecule has 0 saturated carbocycles. The molecule has 0 saturated heterocycles. The average molecular weight is 332 g/mol. The Hall–Kier alpha value is -2.88. The molecule has 2 atom stereocenters. The largest absolute Gasteiger partial charge is 0.345 e. The van der Waals surface area contributed by atoms with Crippen molar-refractivity contribution in [3.05, 3.63) is 81.6 Å². The number of hydrogen-bond acceptors (Lipinski definition) is 2. The standard InChI is InChI=1S/C21H20N2O2/c1-13-11-16-9-6-10-17-19(16)23(13)12-18(20(17)24)21(25)22-14(2)15-7-4-3-5-8-15/h3-10,12-14H,11H2,1-2H3,(H,22,25). The normalized spacial score (nSPS) is 16.8. The van der Waals surface area contributed by atoms with Crippen molar-refractivity contribution < 1.29 is 4.79 Å². The highest BCUT2D eigenvalue weighted by atomic mass is 16.2. The van der Waals surface area contributed by atoms with Crippen LogP contribution in [0.15, 0.2) is 59.5 Å². The van der Waals surface area contributed by atoms with E-state index in [4.69, 9.17) is 0 Å². The zero-order valence-corrected chi connectivity index (χ0v) is 14.3. The number of hydrogen-bond donors (Lipinski definition) is 1. The van der Waals surface area contributed by atoms with Crippen LogP contribution in [0.2, 0.25) is 0 Å². The summed E-state index contributed by atoms with van der Waals surface area (Å²) in [6.45, 7) is 4.03. The first-order valence-corrected chi connectivity index (χ1v) is 8.59. The SMILES string of the molecule is CC(NC(=O)c1cn2c3c(cccc3c1=O)CC2C)c1ccccc1. The van der Waals surface area contributed by atoms with Gasteiger partial charge in [0.2, 0.25) is 5.43 Å². The van der Waals surface area contributed by atoms with E-state index in [-0.39, 0.29) is 29.0 Å². The summed E-state index contributed by atoms with van der Waals surface area (Å²) in [6.07, 6.45) is 2.61. The fraction of sp³-hybridized carbons (Fsp3) is 0.238. The van der Waals surface area contributed by atoms with E-state index in [1.807, 2.05) is 49.4 Å².